The number of nitrogens with one attached hydrogen (secondary N) is 1. The predicted molar refractivity (Wildman–Crippen MR) is 130 cm³/mol. The Hall–Kier alpha value is -4.54. The summed E-state index contributed by atoms with van der Waals surface area (Å²) in [5, 5.41) is 13.6. The average molecular weight is 505 g/mol. The van der Waals surface area contributed by atoms with E-state index in [0.29, 0.717) is 5.75 Å². The first kappa shape index (κ1) is 24.2. The Morgan fingerprint density at radius 3 is 2.62 bits per heavy atom. The molecule has 11 nitrogen and oxygen atoms in total. The Morgan fingerprint density at radius 2 is 1.89 bits per heavy atom. The summed E-state index contributed by atoms with van der Waals surface area (Å²) in [4.78, 5) is 63.0. The van der Waals surface area contributed by atoms with E-state index >= 15 is 0 Å². The van der Waals surface area contributed by atoms with Gasteiger partial charge in [0.1, 0.15) is 11.4 Å². The molecule has 0 unspecified atom stereocenters. The third-order valence-corrected chi connectivity index (χ3v) is 7.23. The predicted octanol–water partition coefficient (Wildman–Crippen LogP) is 3.10. The van der Waals surface area contributed by atoms with Gasteiger partial charge in [-0.15, -0.1) is 0 Å². The van der Waals surface area contributed by atoms with Crippen molar-refractivity contribution in [1.82, 2.24) is 0 Å². The summed E-state index contributed by atoms with van der Waals surface area (Å²) in [6.45, 7) is 1.28. The van der Waals surface area contributed by atoms with Gasteiger partial charge in [0.15, 0.2) is 6.61 Å². The molecule has 190 valence electrons. The molecule has 0 radical (unpaired) electrons. The van der Waals surface area contributed by atoms with Crippen molar-refractivity contribution >= 4 is 40.8 Å². The molecule has 1 N–H and O–H groups in total. The van der Waals surface area contributed by atoms with Gasteiger partial charge in [-0.25, -0.2) is 9.69 Å². The average Bonchev–Trinajstić information content (AvgIpc) is 3.52. The first-order chi connectivity index (χ1) is 17.7. The van der Waals surface area contributed by atoms with Crippen LogP contribution in [0, 0.1) is 33.8 Å². The minimum atomic E-state index is -0.853. The van der Waals surface area contributed by atoms with Gasteiger partial charge in [0.25, 0.3) is 11.6 Å². The molecule has 0 aromatic heterocycles. The SMILES string of the molecule is COc1ccc([N+](=O)[O-])c(NC(=O)COC(=O)c2cccc(N3C(=O)[C@H]4[C@H](C3=O)[C@H]3C=C(C)[C@H]4C3)c2)c1. The smallest absolute Gasteiger partial charge is 0.338 e. The molecule has 2 aromatic rings. The second-order valence-corrected chi connectivity index (χ2v) is 9.30. The highest BCUT2D eigenvalue weighted by Gasteiger charge is 2.60. The summed E-state index contributed by atoms with van der Waals surface area (Å²) in [7, 11) is 1.38. The van der Waals surface area contributed by atoms with Crippen LogP contribution in [0.5, 0.6) is 5.75 Å². The summed E-state index contributed by atoms with van der Waals surface area (Å²) in [6.07, 6.45) is 2.90. The van der Waals surface area contributed by atoms with Crippen molar-refractivity contribution < 1.29 is 33.6 Å². The van der Waals surface area contributed by atoms with E-state index in [9.17, 15) is 29.3 Å². The Balaban J connectivity index is 1.26. The van der Waals surface area contributed by atoms with Crippen LogP contribution in [-0.2, 0) is 19.1 Å². The van der Waals surface area contributed by atoms with Crippen molar-refractivity contribution in [2.75, 3.05) is 23.9 Å². The van der Waals surface area contributed by atoms with Gasteiger partial charge < -0.3 is 14.8 Å². The fourth-order valence-electron chi connectivity index (χ4n) is 5.60. The minimum Gasteiger partial charge on any atom is -0.497 e. The van der Waals surface area contributed by atoms with Gasteiger partial charge in [-0.2, -0.15) is 0 Å². The lowest BCUT2D eigenvalue weighted by atomic mass is 9.82. The second kappa shape index (κ2) is 9.16. The number of imide groups is 1. The Kier molecular flexibility index (Phi) is 5.98. The highest BCUT2D eigenvalue weighted by molar-refractivity contribution is 6.23. The molecule has 11 heteroatoms. The zero-order valence-electron chi connectivity index (χ0n) is 20.0. The fourth-order valence-corrected chi connectivity index (χ4v) is 5.60. The molecule has 2 bridgehead atoms. The van der Waals surface area contributed by atoms with Gasteiger partial charge in [0.2, 0.25) is 11.8 Å². The molecular formula is C26H23N3O8. The third-order valence-electron chi connectivity index (χ3n) is 7.23. The summed E-state index contributed by atoms with van der Waals surface area (Å²) in [5.41, 5.74) is 1.00. The van der Waals surface area contributed by atoms with Crippen LogP contribution in [0.15, 0.2) is 54.1 Å². The number of rotatable bonds is 7. The van der Waals surface area contributed by atoms with Crippen molar-refractivity contribution in [2.24, 2.45) is 23.7 Å². The van der Waals surface area contributed by atoms with Crippen LogP contribution in [0.1, 0.15) is 23.7 Å². The molecule has 37 heavy (non-hydrogen) atoms. The fraction of sp³-hybridized carbons (Fsp3) is 0.308. The monoisotopic (exact) mass is 505 g/mol. The number of allylic oxidation sites excluding steroid dienone is 2. The number of nitro groups is 1. The van der Waals surface area contributed by atoms with Crippen LogP contribution in [-0.4, -0.2) is 42.3 Å². The Bertz CT molecular complexity index is 1380. The van der Waals surface area contributed by atoms with E-state index in [2.05, 4.69) is 11.4 Å². The number of hydrogen-bond acceptors (Lipinski definition) is 8. The molecule has 0 spiro atoms. The van der Waals surface area contributed by atoms with Crippen molar-refractivity contribution in [1.29, 1.82) is 0 Å². The molecule has 3 amide bonds. The number of nitro benzene ring substituents is 1. The molecule has 2 fully saturated rings. The van der Waals surface area contributed by atoms with E-state index in [0.717, 1.165) is 16.9 Å². The first-order valence-corrected chi connectivity index (χ1v) is 11.6. The quantitative estimate of drug-likeness (QED) is 0.199. The lowest BCUT2D eigenvalue weighted by Crippen LogP contribution is -2.33. The summed E-state index contributed by atoms with van der Waals surface area (Å²) in [5.74, 6) is -2.50. The number of esters is 1. The number of anilines is 2. The molecular weight excluding hydrogens is 482 g/mol. The van der Waals surface area contributed by atoms with Gasteiger partial charge in [0.05, 0.1) is 35.1 Å². The summed E-state index contributed by atoms with van der Waals surface area (Å²) in [6, 6.07) is 9.77. The van der Waals surface area contributed by atoms with E-state index in [4.69, 9.17) is 9.47 Å². The molecule has 5 rings (SSSR count). The normalized spacial score (nSPS) is 23.5. The van der Waals surface area contributed by atoms with Gasteiger partial charge in [0, 0.05) is 12.1 Å². The van der Waals surface area contributed by atoms with Crippen LogP contribution >= 0.6 is 0 Å². The Labute approximate surface area is 211 Å². The maximum Gasteiger partial charge on any atom is 0.338 e. The number of methoxy groups -OCH3 is 1. The minimum absolute atomic E-state index is 0.0487. The highest BCUT2D eigenvalue weighted by atomic mass is 16.6. The zero-order chi connectivity index (χ0) is 26.4. The van der Waals surface area contributed by atoms with E-state index in [1.165, 1.54) is 43.5 Å². The summed E-state index contributed by atoms with van der Waals surface area (Å²) < 4.78 is 10.1. The van der Waals surface area contributed by atoms with Crippen molar-refractivity contribution in [3.63, 3.8) is 0 Å². The standard InChI is InChI=1S/C26H23N3O8/c1-13-8-15-10-18(13)23-22(15)24(31)28(25(23)32)16-5-3-4-14(9-16)26(33)37-12-21(30)27-19-11-17(36-2)6-7-20(19)29(34)35/h3-9,11,15,18,22-23H,10,12H2,1-2H3,(H,27,30)/t15-,18+,22+,23+/m0/s1. The van der Waals surface area contributed by atoms with Gasteiger partial charge in [-0.1, -0.05) is 17.7 Å². The number of carbonyl (C=O) groups is 4. The molecule has 2 aromatic carbocycles. The van der Waals surface area contributed by atoms with E-state index < -0.39 is 23.4 Å². The van der Waals surface area contributed by atoms with E-state index in [-0.39, 0.29) is 58.1 Å². The first-order valence-electron chi connectivity index (χ1n) is 11.6. The van der Waals surface area contributed by atoms with Crippen molar-refractivity contribution in [2.45, 2.75) is 13.3 Å². The zero-order valence-corrected chi connectivity index (χ0v) is 20.0. The maximum absolute atomic E-state index is 13.2. The van der Waals surface area contributed by atoms with Crippen molar-refractivity contribution in [3.8, 4) is 5.75 Å². The molecule has 1 heterocycles. The lowest BCUT2D eigenvalue weighted by molar-refractivity contribution is -0.383. The van der Waals surface area contributed by atoms with Crippen LogP contribution in [0.4, 0.5) is 17.1 Å². The molecule has 1 aliphatic heterocycles. The van der Waals surface area contributed by atoms with Crippen LogP contribution in [0.25, 0.3) is 0 Å². The number of carbonyl (C=O) groups excluding carboxylic acids is 4. The highest BCUT2D eigenvalue weighted by Crippen LogP contribution is 2.55. The van der Waals surface area contributed by atoms with Gasteiger partial charge in [-0.05, 0) is 49.4 Å². The molecule has 1 saturated heterocycles. The number of fused-ring (bicyclic) bond motifs is 5. The molecule has 4 atom stereocenters. The molecule has 3 aliphatic rings. The molecule has 1 saturated carbocycles. The number of ether oxygens (including phenoxy) is 2. The van der Waals surface area contributed by atoms with Gasteiger partial charge >= 0.3 is 5.97 Å². The second-order valence-electron chi connectivity index (χ2n) is 9.30. The van der Waals surface area contributed by atoms with E-state index in [1.807, 2.05) is 6.92 Å². The van der Waals surface area contributed by atoms with Gasteiger partial charge in [-0.3, -0.25) is 24.5 Å². The number of hydrogen-bond donors (Lipinski definition) is 1. The van der Waals surface area contributed by atoms with Crippen LogP contribution in [0.2, 0.25) is 0 Å². The Morgan fingerprint density at radius 1 is 1.14 bits per heavy atom. The number of nitrogens with zero attached hydrogens (tertiary/aromatic N) is 2. The largest absolute Gasteiger partial charge is 0.497 e. The van der Waals surface area contributed by atoms with Crippen LogP contribution < -0.4 is 15.0 Å². The summed E-state index contributed by atoms with van der Waals surface area (Å²) >= 11 is 0. The van der Waals surface area contributed by atoms with E-state index in [1.54, 1.807) is 6.07 Å². The van der Waals surface area contributed by atoms with Crippen LogP contribution in [0.3, 0.4) is 0 Å². The number of benzene rings is 2. The maximum atomic E-state index is 13.2. The third kappa shape index (κ3) is 4.11. The topological polar surface area (TPSA) is 145 Å². The number of amides is 3. The van der Waals surface area contributed by atoms with Crippen molar-refractivity contribution in [3.05, 3.63) is 69.8 Å². The molecule has 2 aliphatic carbocycles. The lowest BCUT2D eigenvalue weighted by Gasteiger charge is -2.19.